The summed E-state index contributed by atoms with van der Waals surface area (Å²) in [6.07, 6.45) is -0.904. The van der Waals surface area contributed by atoms with Crippen LogP contribution in [0.1, 0.15) is 10.4 Å². The van der Waals surface area contributed by atoms with Crippen molar-refractivity contribution in [2.45, 2.75) is 6.10 Å². The number of hydrazine groups is 1. The van der Waals surface area contributed by atoms with Crippen molar-refractivity contribution < 1.29 is 23.8 Å². The number of nitrogens with one attached hydrogen (secondary N) is 1. The van der Waals surface area contributed by atoms with E-state index in [1.807, 2.05) is 0 Å². The van der Waals surface area contributed by atoms with E-state index in [-0.39, 0.29) is 12.5 Å². The van der Waals surface area contributed by atoms with Gasteiger partial charge in [-0.3, -0.25) is 15.0 Å². The number of para-hydroxylation sites is 2. The van der Waals surface area contributed by atoms with Crippen molar-refractivity contribution in [1.82, 2.24) is 5.43 Å². The van der Waals surface area contributed by atoms with Crippen molar-refractivity contribution in [1.29, 1.82) is 0 Å². The lowest BCUT2D eigenvalue weighted by atomic mass is 10.1. The van der Waals surface area contributed by atoms with E-state index in [4.69, 9.17) is 20.1 Å². The minimum Gasteiger partial charge on any atom is -0.493 e. The molecule has 0 unspecified atom stereocenters. The standard InChI is InChI=1S/C18H19N3O5/c1-24-14-8-7-11(9-15(14)25-2)18(23)21-10-16(17(22)20-19)26-13-6-4-3-5-12(13)21/h3-9,16H,10,19H2,1-2H3,(H,20,22)/t16-/m0/s1. The number of rotatable bonds is 4. The Kier molecular flexibility index (Phi) is 4.94. The Hall–Kier alpha value is -3.26. The van der Waals surface area contributed by atoms with Gasteiger partial charge >= 0.3 is 0 Å². The average Bonchev–Trinajstić information content (AvgIpc) is 2.71. The molecule has 0 radical (unpaired) electrons. The maximum absolute atomic E-state index is 13.1. The van der Waals surface area contributed by atoms with Crippen LogP contribution >= 0.6 is 0 Å². The smallest absolute Gasteiger partial charge is 0.276 e. The van der Waals surface area contributed by atoms with Gasteiger partial charge in [0.2, 0.25) is 0 Å². The summed E-state index contributed by atoms with van der Waals surface area (Å²) in [7, 11) is 3.02. The van der Waals surface area contributed by atoms with E-state index in [2.05, 4.69) is 5.43 Å². The van der Waals surface area contributed by atoms with Crippen LogP contribution in [0.25, 0.3) is 0 Å². The molecule has 3 N–H and O–H groups in total. The normalized spacial score (nSPS) is 15.5. The second-order valence-electron chi connectivity index (χ2n) is 5.57. The number of fused-ring (bicyclic) bond motifs is 1. The first-order valence-corrected chi connectivity index (χ1v) is 7.89. The number of ether oxygens (including phenoxy) is 3. The molecule has 0 spiro atoms. The second-order valence-corrected chi connectivity index (χ2v) is 5.57. The minimum atomic E-state index is -0.904. The maximum atomic E-state index is 13.1. The zero-order chi connectivity index (χ0) is 18.7. The van der Waals surface area contributed by atoms with Crippen molar-refractivity contribution in [3.63, 3.8) is 0 Å². The first-order chi connectivity index (χ1) is 12.6. The van der Waals surface area contributed by atoms with Gasteiger partial charge in [0.15, 0.2) is 17.6 Å². The predicted molar refractivity (Wildman–Crippen MR) is 94.4 cm³/mol. The fraction of sp³-hybridized carbons (Fsp3) is 0.222. The lowest BCUT2D eigenvalue weighted by Gasteiger charge is -2.34. The van der Waals surface area contributed by atoms with E-state index in [0.717, 1.165) is 0 Å². The molecule has 0 aliphatic carbocycles. The summed E-state index contributed by atoms with van der Waals surface area (Å²) in [4.78, 5) is 26.5. The third kappa shape index (κ3) is 3.14. The molecule has 1 aliphatic rings. The van der Waals surface area contributed by atoms with Gasteiger partial charge in [0, 0.05) is 5.56 Å². The quantitative estimate of drug-likeness (QED) is 0.483. The zero-order valence-corrected chi connectivity index (χ0v) is 14.4. The van der Waals surface area contributed by atoms with Crippen LogP contribution in [0.4, 0.5) is 5.69 Å². The first kappa shape index (κ1) is 17.6. The average molecular weight is 357 g/mol. The Balaban J connectivity index is 1.98. The molecular weight excluding hydrogens is 338 g/mol. The number of carbonyl (C=O) groups excluding carboxylic acids is 2. The summed E-state index contributed by atoms with van der Waals surface area (Å²) >= 11 is 0. The number of hydrogen-bond donors (Lipinski definition) is 2. The molecule has 2 aromatic carbocycles. The number of nitrogens with zero attached hydrogens (tertiary/aromatic N) is 1. The van der Waals surface area contributed by atoms with Crippen LogP contribution in [0.2, 0.25) is 0 Å². The summed E-state index contributed by atoms with van der Waals surface area (Å²) in [5, 5.41) is 0. The van der Waals surface area contributed by atoms with E-state index in [0.29, 0.717) is 28.5 Å². The fourth-order valence-corrected chi connectivity index (χ4v) is 2.78. The molecule has 0 saturated carbocycles. The molecule has 0 bridgehead atoms. The number of nitrogens with two attached hydrogens (primary N) is 1. The predicted octanol–water partition coefficient (Wildman–Crippen LogP) is 1.10. The molecule has 8 nitrogen and oxygen atoms in total. The highest BCUT2D eigenvalue weighted by molar-refractivity contribution is 6.08. The van der Waals surface area contributed by atoms with E-state index >= 15 is 0 Å². The largest absolute Gasteiger partial charge is 0.493 e. The van der Waals surface area contributed by atoms with Gasteiger partial charge in [-0.1, -0.05) is 12.1 Å². The molecule has 1 aliphatic heterocycles. The van der Waals surface area contributed by atoms with Crippen LogP contribution in [-0.2, 0) is 4.79 Å². The highest BCUT2D eigenvalue weighted by Crippen LogP contribution is 2.35. The van der Waals surface area contributed by atoms with Crippen LogP contribution in [0.3, 0.4) is 0 Å². The van der Waals surface area contributed by atoms with Gasteiger partial charge in [0.25, 0.3) is 11.8 Å². The van der Waals surface area contributed by atoms with Crippen LogP contribution < -0.4 is 30.4 Å². The van der Waals surface area contributed by atoms with Gasteiger partial charge in [-0.25, -0.2) is 5.84 Å². The molecule has 3 rings (SSSR count). The molecule has 26 heavy (non-hydrogen) atoms. The molecule has 0 fully saturated rings. The van der Waals surface area contributed by atoms with Crippen molar-refractivity contribution in [3.8, 4) is 17.2 Å². The lowest BCUT2D eigenvalue weighted by molar-refractivity contribution is -0.127. The summed E-state index contributed by atoms with van der Waals surface area (Å²) in [6, 6.07) is 11.9. The van der Waals surface area contributed by atoms with E-state index in [9.17, 15) is 9.59 Å². The van der Waals surface area contributed by atoms with Gasteiger partial charge in [-0.05, 0) is 30.3 Å². The molecule has 1 atom stereocenters. The van der Waals surface area contributed by atoms with E-state index in [1.54, 1.807) is 42.5 Å². The SMILES string of the molecule is COc1ccc(C(=O)N2C[C@@H](C(=O)NN)Oc3ccccc32)cc1OC. The summed E-state index contributed by atoms with van der Waals surface area (Å²) < 4.78 is 16.1. The third-order valence-corrected chi connectivity index (χ3v) is 4.08. The zero-order valence-electron chi connectivity index (χ0n) is 14.4. The summed E-state index contributed by atoms with van der Waals surface area (Å²) in [5.74, 6) is 5.80. The van der Waals surface area contributed by atoms with Crippen molar-refractivity contribution in [3.05, 3.63) is 48.0 Å². The first-order valence-electron chi connectivity index (χ1n) is 7.89. The van der Waals surface area contributed by atoms with Crippen molar-refractivity contribution in [2.75, 3.05) is 25.7 Å². The van der Waals surface area contributed by atoms with Crippen LogP contribution in [0.5, 0.6) is 17.2 Å². The van der Waals surface area contributed by atoms with E-state index in [1.165, 1.54) is 19.1 Å². The third-order valence-electron chi connectivity index (χ3n) is 4.08. The van der Waals surface area contributed by atoms with E-state index < -0.39 is 12.0 Å². The monoisotopic (exact) mass is 357 g/mol. The number of anilines is 1. The van der Waals surface area contributed by atoms with Crippen molar-refractivity contribution in [2.24, 2.45) is 5.84 Å². The van der Waals surface area contributed by atoms with Gasteiger partial charge in [-0.15, -0.1) is 0 Å². The maximum Gasteiger partial charge on any atom is 0.276 e. The van der Waals surface area contributed by atoms with Gasteiger partial charge in [0.1, 0.15) is 5.75 Å². The van der Waals surface area contributed by atoms with Crippen molar-refractivity contribution >= 4 is 17.5 Å². The summed E-state index contributed by atoms with van der Waals surface area (Å²) in [6.45, 7) is 0.0349. The highest BCUT2D eigenvalue weighted by atomic mass is 16.5. The molecular formula is C18H19N3O5. The Labute approximate surface area is 150 Å². The Bertz CT molecular complexity index is 839. The van der Waals surface area contributed by atoms with Gasteiger partial charge in [-0.2, -0.15) is 0 Å². The Morgan fingerprint density at radius 1 is 1.15 bits per heavy atom. The molecule has 0 aromatic heterocycles. The Morgan fingerprint density at radius 3 is 2.58 bits per heavy atom. The number of amides is 2. The highest BCUT2D eigenvalue weighted by Gasteiger charge is 2.34. The molecule has 1 heterocycles. The Morgan fingerprint density at radius 2 is 1.88 bits per heavy atom. The van der Waals surface area contributed by atoms with Crippen LogP contribution in [0, 0.1) is 0 Å². The fourth-order valence-electron chi connectivity index (χ4n) is 2.78. The van der Waals surface area contributed by atoms with Gasteiger partial charge < -0.3 is 19.1 Å². The van der Waals surface area contributed by atoms with Gasteiger partial charge in [0.05, 0.1) is 26.5 Å². The molecule has 0 saturated heterocycles. The lowest BCUT2D eigenvalue weighted by Crippen LogP contribution is -2.52. The van der Waals surface area contributed by atoms with Crippen LogP contribution in [-0.4, -0.2) is 38.7 Å². The molecule has 2 aromatic rings. The topological polar surface area (TPSA) is 103 Å². The number of benzene rings is 2. The molecule has 136 valence electrons. The minimum absolute atomic E-state index is 0.0349. The molecule has 8 heteroatoms. The van der Waals surface area contributed by atoms with Crippen LogP contribution in [0.15, 0.2) is 42.5 Å². The second kappa shape index (κ2) is 7.32. The number of carbonyl (C=O) groups is 2. The number of hydrogen-bond acceptors (Lipinski definition) is 6. The summed E-state index contributed by atoms with van der Waals surface area (Å²) in [5.41, 5.74) is 3.03. The number of methoxy groups -OCH3 is 2. The molecule has 2 amide bonds.